The number of nitrogens with one attached hydrogen (secondary N) is 2. The molecule has 2 aromatic rings. The van der Waals surface area contributed by atoms with Crippen LogP contribution in [0.15, 0.2) is 12.3 Å². The van der Waals surface area contributed by atoms with E-state index < -0.39 is 23.1 Å². The van der Waals surface area contributed by atoms with Crippen molar-refractivity contribution in [3.8, 4) is 10.4 Å². The third-order valence-electron chi connectivity index (χ3n) is 6.94. The van der Waals surface area contributed by atoms with Crippen molar-refractivity contribution in [3.63, 3.8) is 0 Å². The summed E-state index contributed by atoms with van der Waals surface area (Å²) in [5, 5.41) is 15.5. The van der Waals surface area contributed by atoms with Crippen molar-refractivity contribution in [2.45, 2.75) is 71.2 Å². The molecule has 8 nitrogen and oxygen atoms in total. The number of nitrogens with zero attached hydrogens (tertiary/aromatic N) is 3. The first kappa shape index (κ1) is 27.3. The molecule has 3 heterocycles. The van der Waals surface area contributed by atoms with Gasteiger partial charge in [0.25, 0.3) is 11.8 Å². The zero-order valence-corrected chi connectivity index (χ0v) is 22.1. The monoisotopic (exact) mass is 539 g/mol. The highest BCUT2D eigenvalue weighted by molar-refractivity contribution is 7.17. The van der Waals surface area contributed by atoms with Crippen LogP contribution in [0.3, 0.4) is 0 Å². The Hall–Kier alpha value is -2.73. The van der Waals surface area contributed by atoms with Gasteiger partial charge >= 0.3 is 6.18 Å². The lowest BCUT2D eigenvalue weighted by Crippen LogP contribution is -2.38. The smallest absolute Gasteiger partial charge is 0.389 e. The fourth-order valence-electron chi connectivity index (χ4n) is 4.35. The second-order valence-corrected chi connectivity index (χ2v) is 11.7. The molecule has 0 unspecified atom stereocenters. The number of anilines is 1. The summed E-state index contributed by atoms with van der Waals surface area (Å²) in [6.45, 7) is 7.23. The molecule has 0 spiro atoms. The molecule has 1 saturated carbocycles. The molecule has 1 saturated heterocycles. The van der Waals surface area contributed by atoms with Crippen molar-refractivity contribution in [1.82, 2.24) is 20.2 Å². The Balaban J connectivity index is 1.62. The lowest BCUT2D eigenvalue weighted by atomic mass is 10.1. The summed E-state index contributed by atoms with van der Waals surface area (Å²) in [5.41, 5.74) is -1.40. The lowest BCUT2D eigenvalue weighted by Gasteiger charge is -2.21. The first-order valence-corrected chi connectivity index (χ1v) is 13.1. The van der Waals surface area contributed by atoms with E-state index in [2.05, 4.69) is 20.6 Å². The topological polar surface area (TPSA) is 107 Å². The predicted octanol–water partition coefficient (Wildman–Crippen LogP) is 4.39. The second kappa shape index (κ2) is 9.86. The van der Waals surface area contributed by atoms with E-state index in [-0.39, 0.29) is 48.6 Å². The summed E-state index contributed by atoms with van der Waals surface area (Å²) in [6, 6.07) is 1.69. The standard InChI is InChI=1S/C25H32F3N5O3S/c1-14-10-17(30-13-24(7-8-24)25(26,27)28)29-11-16(14)19-18(22(35)33-9-5-6-15(33)2)32-21(37-19)20(34)31-12-23(3,4)36/h10-11,15,36H,5-9,12-13H2,1-4H3,(H,29,30)(H,31,34)/t15-/m0/s1. The Labute approximate surface area is 217 Å². The van der Waals surface area contributed by atoms with Crippen LogP contribution in [-0.2, 0) is 0 Å². The van der Waals surface area contributed by atoms with Crippen molar-refractivity contribution < 1.29 is 27.9 Å². The number of likely N-dealkylation sites (tertiary alicyclic amines) is 1. The maximum atomic E-state index is 13.5. The SMILES string of the molecule is Cc1cc(NCC2(C(F)(F)F)CC2)ncc1-c1sc(C(=O)NCC(C)(C)O)nc1C(=O)N1CCC[C@@H]1C. The number of aliphatic hydroxyl groups is 1. The normalized spacial score (nSPS) is 19.1. The highest BCUT2D eigenvalue weighted by Gasteiger charge is 2.62. The summed E-state index contributed by atoms with van der Waals surface area (Å²) in [6.07, 6.45) is -0.806. The highest BCUT2D eigenvalue weighted by Crippen LogP contribution is 2.57. The molecular weight excluding hydrogens is 507 g/mol. The molecule has 1 atom stereocenters. The van der Waals surface area contributed by atoms with Gasteiger partial charge in [-0.1, -0.05) is 0 Å². The molecule has 3 N–H and O–H groups in total. The first-order chi connectivity index (χ1) is 17.2. The van der Waals surface area contributed by atoms with E-state index in [1.165, 1.54) is 6.20 Å². The van der Waals surface area contributed by atoms with Crippen LogP contribution in [0.25, 0.3) is 10.4 Å². The quantitative estimate of drug-likeness (QED) is 0.459. The highest BCUT2D eigenvalue weighted by atomic mass is 32.1. The molecule has 0 radical (unpaired) electrons. The minimum Gasteiger partial charge on any atom is -0.389 e. The number of aromatic nitrogens is 2. The van der Waals surface area contributed by atoms with E-state index >= 15 is 0 Å². The number of amides is 2. The summed E-state index contributed by atoms with van der Waals surface area (Å²) in [4.78, 5) is 37.2. The Bertz CT molecular complexity index is 1190. The summed E-state index contributed by atoms with van der Waals surface area (Å²) < 4.78 is 39.8. The molecule has 4 rings (SSSR count). The maximum Gasteiger partial charge on any atom is 0.396 e. The van der Waals surface area contributed by atoms with Crippen LogP contribution in [-0.4, -0.2) is 69.2 Å². The third-order valence-corrected chi connectivity index (χ3v) is 8.03. The van der Waals surface area contributed by atoms with Gasteiger partial charge in [0.1, 0.15) is 11.5 Å². The molecule has 2 amide bonds. The van der Waals surface area contributed by atoms with E-state index in [9.17, 15) is 27.9 Å². The van der Waals surface area contributed by atoms with Crippen molar-refractivity contribution in [1.29, 1.82) is 0 Å². The Kier molecular flexibility index (Phi) is 7.28. The van der Waals surface area contributed by atoms with Gasteiger partial charge in [0, 0.05) is 37.4 Å². The van der Waals surface area contributed by atoms with Crippen LogP contribution >= 0.6 is 11.3 Å². The van der Waals surface area contributed by atoms with E-state index in [1.54, 1.807) is 31.7 Å². The molecule has 0 bridgehead atoms. The number of rotatable bonds is 8. The number of thiazole rings is 1. The van der Waals surface area contributed by atoms with Gasteiger partial charge in [-0.05, 0) is 65.0 Å². The van der Waals surface area contributed by atoms with Crippen molar-refractivity contribution in [2.75, 3.05) is 25.0 Å². The van der Waals surface area contributed by atoms with Crippen LogP contribution in [0.5, 0.6) is 0 Å². The Morgan fingerprint density at radius 3 is 2.54 bits per heavy atom. The molecule has 2 fully saturated rings. The molecule has 2 aliphatic rings. The van der Waals surface area contributed by atoms with Gasteiger partial charge < -0.3 is 20.6 Å². The van der Waals surface area contributed by atoms with E-state index in [0.29, 0.717) is 28.4 Å². The molecule has 0 aromatic carbocycles. The number of halogens is 3. The second-order valence-electron chi connectivity index (χ2n) is 10.7. The van der Waals surface area contributed by atoms with Crippen LogP contribution in [0.1, 0.15) is 72.3 Å². The molecular formula is C25H32F3N5O3S. The summed E-state index contributed by atoms with van der Waals surface area (Å²) >= 11 is 1.05. The fraction of sp³-hybridized carbons (Fsp3) is 0.600. The van der Waals surface area contributed by atoms with E-state index in [4.69, 9.17) is 0 Å². The van der Waals surface area contributed by atoms with E-state index in [1.807, 2.05) is 6.92 Å². The van der Waals surface area contributed by atoms with Crippen LogP contribution in [0, 0.1) is 12.3 Å². The number of alkyl halides is 3. The average molecular weight is 540 g/mol. The van der Waals surface area contributed by atoms with Gasteiger partial charge in [0.2, 0.25) is 0 Å². The third kappa shape index (κ3) is 5.90. The van der Waals surface area contributed by atoms with E-state index in [0.717, 1.165) is 24.2 Å². The molecule has 202 valence electrons. The zero-order valence-electron chi connectivity index (χ0n) is 21.3. The van der Waals surface area contributed by atoms with Gasteiger partial charge in [-0.15, -0.1) is 11.3 Å². The predicted molar refractivity (Wildman–Crippen MR) is 135 cm³/mol. The Morgan fingerprint density at radius 2 is 2.00 bits per heavy atom. The molecule has 1 aliphatic heterocycles. The van der Waals surface area contributed by atoms with Crippen molar-refractivity contribution in [2.24, 2.45) is 5.41 Å². The number of carbonyl (C=O) groups is 2. The minimum absolute atomic E-state index is 0.00749. The zero-order chi connectivity index (χ0) is 27.2. The fourth-order valence-corrected chi connectivity index (χ4v) is 5.40. The van der Waals surface area contributed by atoms with Crippen LogP contribution < -0.4 is 10.6 Å². The lowest BCUT2D eigenvalue weighted by molar-refractivity contribution is -0.182. The van der Waals surface area contributed by atoms with Gasteiger partial charge in [-0.3, -0.25) is 9.59 Å². The Morgan fingerprint density at radius 1 is 1.30 bits per heavy atom. The van der Waals surface area contributed by atoms with Gasteiger partial charge in [0.15, 0.2) is 5.01 Å². The number of carbonyl (C=O) groups excluding carboxylic acids is 2. The number of hydrogen-bond acceptors (Lipinski definition) is 7. The molecule has 2 aromatic heterocycles. The van der Waals surface area contributed by atoms with Crippen molar-refractivity contribution in [3.05, 3.63) is 28.5 Å². The van der Waals surface area contributed by atoms with Crippen molar-refractivity contribution >= 4 is 29.0 Å². The summed E-state index contributed by atoms with van der Waals surface area (Å²) in [5.74, 6) is -0.474. The number of aryl methyl sites for hydroxylation is 1. The van der Waals surface area contributed by atoms with Crippen LogP contribution in [0.2, 0.25) is 0 Å². The van der Waals surface area contributed by atoms with Crippen LogP contribution in [0.4, 0.5) is 19.0 Å². The molecule has 1 aliphatic carbocycles. The average Bonchev–Trinajstić information content (AvgIpc) is 3.30. The maximum absolute atomic E-state index is 13.5. The van der Waals surface area contributed by atoms with Gasteiger partial charge in [0.05, 0.1) is 15.9 Å². The number of pyridine rings is 1. The largest absolute Gasteiger partial charge is 0.396 e. The molecule has 12 heteroatoms. The number of hydrogen-bond donors (Lipinski definition) is 3. The minimum atomic E-state index is -4.26. The first-order valence-electron chi connectivity index (χ1n) is 12.3. The van der Waals surface area contributed by atoms with Gasteiger partial charge in [-0.25, -0.2) is 9.97 Å². The summed E-state index contributed by atoms with van der Waals surface area (Å²) in [7, 11) is 0. The van der Waals surface area contributed by atoms with Gasteiger partial charge in [-0.2, -0.15) is 13.2 Å². The molecule has 37 heavy (non-hydrogen) atoms.